The molecule has 2 heterocycles. The highest BCUT2D eigenvalue weighted by atomic mass is 16.6. The van der Waals surface area contributed by atoms with Gasteiger partial charge in [-0.3, -0.25) is 10.1 Å². The number of nitro benzene ring substituents is 1. The van der Waals surface area contributed by atoms with Crippen molar-refractivity contribution in [2.45, 2.75) is 13.0 Å². The van der Waals surface area contributed by atoms with Gasteiger partial charge in [-0.25, -0.2) is 0 Å². The quantitative estimate of drug-likeness (QED) is 0.676. The van der Waals surface area contributed by atoms with Gasteiger partial charge in [0.15, 0.2) is 0 Å². The molecule has 1 aromatic carbocycles. The lowest BCUT2D eigenvalue weighted by Crippen LogP contribution is -2.33. The maximum absolute atomic E-state index is 11.2. The molecule has 1 aliphatic rings. The average Bonchev–Trinajstić information content (AvgIpc) is 2.97. The van der Waals surface area contributed by atoms with Crippen LogP contribution >= 0.6 is 0 Å². The molecule has 1 unspecified atom stereocenters. The first-order valence-corrected chi connectivity index (χ1v) is 6.57. The summed E-state index contributed by atoms with van der Waals surface area (Å²) in [6.45, 7) is 3.62. The number of aryl methyl sites for hydroxylation is 1. The maximum Gasteiger partial charge on any atom is 0.285 e. The van der Waals surface area contributed by atoms with E-state index >= 15 is 0 Å². The third-order valence-corrected chi connectivity index (χ3v) is 3.31. The van der Waals surface area contributed by atoms with E-state index in [1.807, 2.05) is 0 Å². The zero-order valence-corrected chi connectivity index (χ0v) is 11.4. The number of rotatable bonds is 3. The van der Waals surface area contributed by atoms with Crippen molar-refractivity contribution >= 4 is 5.69 Å². The summed E-state index contributed by atoms with van der Waals surface area (Å²) in [6, 6.07) is 5.00. The van der Waals surface area contributed by atoms with Crippen LogP contribution < -0.4 is 5.32 Å². The highest BCUT2D eigenvalue weighted by Crippen LogP contribution is 2.32. The van der Waals surface area contributed by atoms with Crippen LogP contribution in [0.3, 0.4) is 0 Å². The topological polar surface area (TPSA) is 103 Å². The fourth-order valence-electron chi connectivity index (χ4n) is 2.28. The molecule has 0 bridgehead atoms. The Morgan fingerprint density at radius 1 is 1.48 bits per heavy atom. The lowest BCUT2D eigenvalue weighted by molar-refractivity contribution is -0.384. The van der Waals surface area contributed by atoms with Crippen LogP contribution in [0.25, 0.3) is 11.5 Å². The summed E-state index contributed by atoms with van der Waals surface area (Å²) in [4.78, 5) is 15.0. The summed E-state index contributed by atoms with van der Waals surface area (Å²) in [5, 5.41) is 18.2. The van der Waals surface area contributed by atoms with Crippen molar-refractivity contribution in [1.82, 2.24) is 15.5 Å². The molecular formula is C13H14N4O4. The van der Waals surface area contributed by atoms with Crippen LogP contribution in [0.5, 0.6) is 0 Å². The van der Waals surface area contributed by atoms with Crippen LogP contribution in [0.2, 0.25) is 0 Å². The molecule has 1 aromatic heterocycles. The first-order chi connectivity index (χ1) is 10.2. The van der Waals surface area contributed by atoms with Crippen molar-refractivity contribution < 1.29 is 14.2 Å². The van der Waals surface area contributed by atoms with Crippen molar-refractivity contribution in [2.24, 2.45) is 0 Å². The number of nitro groups is 1. The van der Waals surface area contributed by atoms with Gasteiger partial charge in [-0.1, -0.05) is 17.3 Å². The molecule has 1 N–H and O–H groups in total. The fourth-order valence-corrected chi connectivity index (χ4v) is 2.28. The van der Waals surface area contributed by atoms with E-state index in [2.05, 4.69) is 15.5 Å². The minimum atomic E-state index is -0.437. The Balaban J connectivity index is 1.96. The molecule has 1 saturated heterocycles. The minimum absolute atomic E-state index is 0.0182. The van der Waals surface area contributed by atoms with Crippen LogP contribution in [-0.4, -0.2) is 34.8 Å². The van der Waals surface area contributed by atoms with Gasteiger partial charge >= 0.3 is 0 Å². The van der Waals surface area contributed by atoms with Crippen LogP contribution in [0, 0.1) is 17.0 Å². The molecule has 21 heavy (non-hydrogen) atoms. The molecule has 0 aliphatic carbocycles. The molecule has 1 fully saturated rings. The molecule has 8 nitrogen and oxygen atoms in total. The van der Waals surface area contributed by atoms with Gasteiger partial charge in [0, 0.05) is 18.7 Å². The van der Waals surface area contributed by atoms with E-state index in [9.17, 15) is 10.1 Å². The molecular weight excluding hydrogens is 276 g/mol. The number of hydrogen-bond acceptors (Lipinski definition) is 7. The number of morpholine rings is 1. The largest absolute Gasteiger partial charge is 0.367 e. The first kappa shape index (κ1) is 13.7. The first-order valence-electron chi connectivity index (χ1n) is 6.57. The smallest absolute Gasteiger partial charge is 0.285 e. The summed E-state index contributed by atoms with van der Waals surface area (Å²) < 4.78 is 10.7. The summed E-state index contributed by atoms with van der Waals surface area (Å²) in [7, 11) is 0. The Hall–Kier alpha value is -2.32. The van der Waals surface area contributed by atoms with Gasteiger partial charge in [-0.2, -0.15) is 4.98 Å². The number of aromatic nitrogens is 2. The van der Waals surface area contributed by atoms with E-state index in [0.29, 0.717) is 30.1 Å². The predicted molar refractivity (Wildman–Crippen MR) is 72.7 cm³/mol. The highest BCUT2D eigenvalue weighted by molar-refractivity contribution is 5.69. The van der Waals surface area contributed by atoms with Gasteiger partial charge < -0.3 is 14.6 Å². The van der Waals surface area contributed by atoms with E-state index in [1.54, 1.807) is 25.1 Å². The molecule has 2 aromatic rings. The molecule has 0 radical (unpaired) electrons. The zero-order valence-electron chi connectivity index (χ0n) is 11.4. The summed E-state index contributed by atoms with van der Waals surface area (Å²) in [5.41, 5.74) is 0.853. The SMILES string of the molecule is Cc1cccc(-c2nc(C3CNCCO3)no2)c1[N+](=O)[O-]. The lowest BCUT2D eigenvalue weighted by atomic mass is 10.1. The van der Waals surface area contributed by atoms with Gasteiger partial charge in [0.05, 0.1) is 11.5 Å². The number of benzene rings is 1. The summed E-state index contributed by atoms with van der Waals surface area (Å²) in [5.74, 6) is 0.530. The van der Waals surface area contributed by atoms with Gasteiger partial charge in [-0.05, 0) is 13.0 Å². The van der Waals surface area contributed by atoms with Crippen molar-refractivity contribution in [1.29, 1.82) is 0 Å². The van der Waals surface area contributed by atoms with E-state index in [1.165, 1.54) is 0 Å². The number of ether oxygens (including phenoxy) is 1. The molecule has 1 aliphatic heterocycles. The average molecular weight is 290 g/mol. The van der Waals surface area contributed by atoms with E-state index in [4.69, 9.17) is 9.26 Å². The number of hydrogen-bond donors (Lipinski definition) is 1. The van der Waals surface area contributed by atoms with Gasteiger partial charge in [0.25, 0.3) is 11.6 Å². The normalized spacial score (nSPS) is 18.6. The Bertz CT molecular complexity index is 664. The highest BCUT2D eigenvalue weighted by Gasteiger charge is 2.26. The predicted octanol–water partition coefficient (Wildman–Crippen LogP) is 1.61. The third kappa shape index (κ3) is 2.63. The van der Waals surface area contributed by atoms with Crippen molar-refractivity contribution in [3.8, 4) is 11.5 Å². The number of para-hydroxylation sites is 1. The van der Waals surface area contributed by atoms with E-state index < -0.39 is 4.92 Å². The van der Waals surface area contributed by atoms with Crippen LogP contribution in [0.1, 0.15) is 17.5 Å². The maximum atomic E-state index is 11.2. The second kappa shape index (κ2) is 5.58. The molecule has 0 amide bonds. The Morgan fingerprint density at radius 2 is 2.33 bits per heavy atom. The van der Waals surface area contributed by atoms with Crippen LogP contribution in [0.4, 0.5) is 5.69 Å². The Morgan fingerprint density at radius 3 is 3.05 bits per heavy atom. The molecule has 1 atom stereocenters. The van der Waals surface area contributed by atoms with Gasteiger partial charge in [0.2, 0.25) is 5.82 Å². The Kier molecular flexibility index (Phi) is 3.63. The molecule has 110 valence electrons. The van der Waals surface area contributed by atoms with Crippen molar-refractivity contribution in [3.05, 3.63) is 39.7 Å². The standard InChI is InChI=1S/C13H14N4O4/c1-8-3-2-4-9(11(8)17(18)19)13-15-12(16-21-13)10-7-14-5-6-20-10/h2-4,10,14H,5-7H2,1H3. The van der Waals surface area contributed by atoms with Crippen molar-refractivity contribution in [2.75, 3.05) is 19.7 Å². The third-order valence-electron chi connectivity index (χ3n) is 3.31. The minimum Gasteiger partial charge on any atom is -0.367 e. The van der Waals surface area contributed by atoms with Gasteiger partial charge in [0.1, 0.15) is 11.7 Å². The molecule has 0 saturated carbocycles. The Labute approximate surface area is 120 Å². The van der Waals surface area contributed by atoms with E-state index in [0.717, 1.165) is 6.54 Å². The summed E-state index contributed by atoms with van der Waals surface area (Å²) >= 11 is 0. The molecule has 3 rings (SSSR count). The monoisotopic (exact) mass is 290 g/mol. The van der Waals surface area contributed by atoms with E-state index in [-0.39, 0.29) is 17.7 Å². The zero-order chi connectivity index (χ0) is 14.8. The number of nitrogens with zero attached hydrogens (tertiary/aromatic N) is 3. The van der Waals surface area contributed by atoms with Crippen molar-refractivity contribution in [3.63, 3.8) is 0 Å². The second-order valence-corrected chi connectivity index (χ2v) is 4.75. The molecule has 8 heteroatoms. The second-order valence-electron chi connectivity index (χ2n) is 4.75. The summed E-state index contributed by atoms with van der Waals surface area (Å²) in [6.07, 6.45) is -0.292. The molecule has 0 spiro atoms. The van der Waals surface area contributed by atoms with Gasteiger partial charge in [-0.15, -0.1) is 0 Å². The number of nitrogens with one attached hydrogen (secondary N) is 1. The lowest BCUT2D eigenvalue weighted by Gasteiger charge is -2.20. The fraction of sp³-hybridized carbons (Fsp3) is 0.385. The van der Waals surface area contributed by atoms with Crippen LogP contribution in [-0.2, 0) is 4.74 Å². The van der Waals surface area contributed by atoms with Crippen LogP contribution in [0.15, 0.2) is 22.7 Å².